The molecule has 3 nitrogen and oxygen atoms in total. The van der Waals surface area contributed by atoms with E-state index in [1.54, 1.807) is 0 Å². The Morgan fingerprint density at radius 1 is 1.13 bits per heavy atom. The Hall–Kier alpha value is -0.380. The van der Waals surface area contributed by atoms with E-state index in [0.717, 1.165) is 24.3 Å². The van der Waals surface area contributed by atoms with Crippen LogP contribution in [0.5, 0.6) is 0 Å². The fourth-order valence-electron chi connectivity index (χ4n) is 10.5. The molecule has 6 aliphatic carbocycles. The van der Waals surface area contributed by atoms with Crippen LogP contribution < -0.4 is 0 Å². The number of hydrogen-bond acceptors (Lipinski definition) is 3. The first kappa shape index (κ1) is 12.9. The lowest BCUT2D eigenvalue weighted by Gasteiger charge is -2.65. The van der Waals surface area contributed by atoms with E-state index >= 15 is 0 Å². The van der Waals surface area contributed by atoms with Gasteiger partial charge >= 0.3 is 0 Å². The summed E-state index contributed by atoms with van der Waals surface area (Å²) in [6.45, 7) is 7.96. The number of hydrogen-bond donors (Lipinski definition) is 2. The van der Waals surface area contributed by atoms with Gasteiger partial charge in [-0.1, -0.05) is 13.5 Å². The first-order chi connectivity index (χ1) is 10.9. The van der Waals surface area contributed by atoms with Crippen molar-refractivity contribution < 1.29 is 10.2 Å². The van der Waals surface area contributed by atoms with Crippen LogP contribution in [0.3, 0.4) is 0 Å². The third kappa shape index (κ3) is 0.950. The minimum absolute atomic E-state index is 0.118. The van der Waals surface area contributed by atoms with Crippen molar-refractivity contribution >= 4 is 0 Å². The Kier molecular flexibility index (Phi) is 1.79. The second-order valence-corrected chi connectivity index (χ2v) is 10.6. The Labute approximate surface area is 137 Å². The van der Waals surface area contributed by atoms with Crippen molar-refractivity contribution in [3.63, 3.8) is 0 Å². The van der Waals surface area contributed by atoms with Crippen LogP contribution in [0.25, 0.3) is 0 Å². The summed E-state index contributed by atoms with van der Waals surface area (Å²) < 4.78 is 0. The summed E-state index contributed by atoms with van der Waals surface area (Å²) in [5.74, 6) is 2.64. The molecule has 9 aliphatic rings. The molecule has 2 N–H and O–H groups in total. The van der Waals surface area contributed by atoms with Gasteiger partial charge in [0.1, 0.15) is 0 Å². The summed E-state index contributed by atoms with van der Waals surface area (Å²) in [5, 5.41) is 22.0. The summed E-state index contributed by atoms with van der Waals surface area (Å²) in [6, 6.07) is 1.34. The average Bonchev–Trinajstić information content (AvgIpc) is 2.88. The van der Waals surface area contributed by atoms with Crippen molar-refractivity contribution in [1.29, 1.82) is 0 Å². The van der Waals surface area contributed by atoms with Crippen LogP contribution in [0.1, 0.15) is 39.0 Å². The van der Waals surface area contributed by atoms with Crippen LogP contribution in [0.2, 0.25) is 0 Å². The SMILES string of the molecule is C=C1[C@@H]2C[C@@H]3[C@]4(C[C@H]5[C@@H]6[C@@]7(C)C[C@H](O)C[C@@]36[C@@H]([C@H]4C2)N5C7)[C@@H]1O. The number of aliphatic hydroxyl groups excluding tert-OH is 2. The lowest BCUT2D eigenvalue weighted by molar-refractivity contribution is -0.176. The third-order valence-corrected chi connectivity index (χ3v) is 10.3. The van der Waals surface area contributed by atoms with E-state index < -0.39 is 0 Å². The summed E-state index contributed by atoms with van der Waals surface area (Å²) >= 11 is 0. The maximum Gasteiger partial charge on any atom is 0.0813 e. The molecule has 23 heavy (non-hydrogen) atoms. The van der Waals surface area contributed by atoms with Gasteiger partial charge in [-0.15, -0.1) is 0 Å². The zero-order chi connectivity index (χ0) is 15.5. The van der Waals surface area contributed by atoms with E-state index in [1.807, 2.05) is 0 Å². The van der Waals surface area contributed by atoms with E-state index in [2.05, 4.69) is 18.4 Å². The number of rotatable bonds is 0. The van der Waals surface area contributed by atoms with Gasteiger partial charge in [0.2, 0.25) is 0 Å². The molecule has 2 spiro atoms. The van der Waals surface area contributed by atoms with Gasteiger partial charge in [-0.3, -0.25) is 4.90 Å². The molecule has 0 radical (unpaired) electrons. The molecule has 0 aromatic carbocycles. The third-order valence-electron chi connectivity index (χ3n) is 10.3. The van der Waals surface area contributed by atoms with Gasteiger partial charge in [-0.25, -0.2) is 0 Å². The second kappa shape index (κ2) is 3.20. The standard InChI is InChI=1S/C20H27NO2/c1-9-10-3-12-16-20-6-11(22)5-18(2)8-21(16)13(15(18)20)7-19(12,17(9)23)14(20)4-10/h10-17,22-23H,1,3-8H2,2H3/t10-,11-,12+,13-,14+,15+,16+,17+,18-,19+,20+/m0/s1. The lowest BCUT2D eigenvalue weighted by atomic mass is 9.40. The van der Waals surface area contributed by atoms with E-state index in [0.29, 0.717) is 40.7 Å². The smallest absolute Gasteiger partial charge is 0.0813 e. The minimum Gasteiger partial charge on any atom is -0.393 e. The van der Waals surface area contributed by atoms with E-state index in [4.69, 9.17) is 0 Å². The predicted molar refractivity (Wildman–Crippen MR) is 85.5 cm³/mol. The Balaban J connectivity index is 1.52. The van der Waals surface area contributed by atoms with Crippen molar-refractivity contribution in [3.8, 4) is 0 Å². The van der Waals surface area contributed by atoms with Crippen molar-refractivity contribution in [2.45, 2.75) is 63.3 Å². The van der Waals surface area contributed by atoms with E-state index in [9.17, 15) is 10.2 Å². The normalized spacial score (nSPS) is 75.6. The number of piperidine rings is 2. The topological polar surface area (TPSA) is 43.7 Å². The molecule has 12 atom stereocenters. The van der Waals surface area contributed by atoms with Crippen LogP contribution >= 0.6 is 0 Å². The number of nitrogens with zero attached hydrogens (tertiary/aromatic N) is 1. The molecule has 124 valence electrons. The van der Waals surface area contributed by atoms with E-state index in [-0.39, 0.29) is 17.6 Å². The van der Waals surface area contributed by atoms with Crippen molar-refractivity contribution in [1.82, 2.24) is 4.90 Å². The predicted octanol–water partition coefficient (Wildman–Crippen LogP) is 1.79. The number of fused-ring (bicyclic) bond motifs is 1. The lowest BCUT2D eigenvalue weighted by Crippen LogP contribution is -2.64. The maximum absolute atomic E-state index is 11.2. The zero-order valence-electron chi connectivity index (χ0n) is 13.9. The average molecular weight is 313 g/mol. The van der Waals surface area contributed by atoms with Gasteiger partial charge in [0.15, 0.2) is 0 Å². The highest BCUT2D eigenvalue weighted by molar-refractivity contribution is 5.42. The molecule has 3 saturated heterocycles. The number of aliphatic hydroxyl groups is 2. The van der Waals surface area contributed by atoms with Crippen molar-refractivity contribution in [3.05, 3.63) is 12.2 Å². The highest BCUT2D eigenvalue weighted by Crippen LogP contribution is 2.86. The molecule has 0 amide bonds. The summed E-state index contributed by atoms with van der Waals surface area (Å²) in [4.78, 5) is 2.88. The quantitative estimate of drug-likeness (QED) is 0.670. The van der Waals surface area contributed by atoms with Gasteiger partial charge < -0.3 is 10.2 Å². The maximum atomic E-state index is 11.2. The fraction of sp³-hybridized carbons (Fsp3) is 0.900. The zero-order valence-corrected chi connectivity index (χ0v) is 13.9. The van der Waals surface area contributed by atoms with Crippen molar-refractivity contribution in [2.75, 3.05) is 6.54 Å². The largest absolute Gasteiger partial charge is 0.393 e. The van der Waals surface area contributed by atoms with Crippen LogP contribution in [0, 0.1) is 39.9 Å². The molecular formula is C20H27NO2. The van der Waals surface area contributed by atoms with Gasteiger partial charge in [0, 0.05) is 24.0 Å². The Bertz CT molecular complexity index is 677. The summed E-state index contributed by atoms with van der Waals surface area (Å²) in [5.41, 5.74) is 1.90. The summed E-state index contributed by atoms with van der Waals surface area (Å²) in [7, 11) is 0. The molecular weight excluding hydrogens is 286 g/mol. The molecule has 3 aliphatic heterocycles. The molecule has 0 aromatic rings. The van der Waals surface area contributed by atoms with E-state index in [1.165, 1.54) is 25.8 Å². The van der Waals surface area contributed by atoms with Crippen LogP contribution in [0.15, 0.2) is 12.2 Å². The molecule has 9 fully saturated rings. The van der Waals surface area contributed by atoms with Crippen LogP contribution in [-0.4, -0.2) is 45.9 Å². The Morgan fingerprint density at radius 2 is 1.96 bits per heavy atom. The highest BCUT2D eigenvalue weighted by atomic mass is 16.3. The van der Waals surface area contributed by atoms with Gasteiger partial charge in [-0.05, 0) is 72.2 Å². The van der Waals surface area contributed by atoms with Crippen molar-refractivity contribution in [2.24, 2.45) is 39.9 Å². The van der Waals surface area contributed by atoms with Crippen LogP contribution in [0.4, 0.5) is 0 Å². The molecule has 6 saturated carbocycles. The van der Waals surface area contributed by atoms with Gasteiger partial charge in [0.05, 0.1) is 12.2 Å². The first-order valence-electron chi connectivity index (χ1n) is 9.74. The summed E-state index contributed by atoms with van der Waals surface area (Å²) in [6.07, 6.45) is 5.37. The highest BCUT2D eigenvalue weighted by Gasteiger charge is 2.88. The van der Waals surface area contributed by atoms with Crippen LogP contribution in [-0.2, 0) is 0 Å². The molecule has 0 aromatic heterocycles. The van der Waals surface area contributed by atoms with Gasteiger partial charge in [-0.2, -0.15) is 0 Å². The molecule has 3 heteroatoms. The molecule has 1 unspecified atom stereocenters. The molecule has 9 bridgehead atoms. The molecule has 9 rings (SSSR count). The molecule has 3 heterocycles. The van der Waals surface area contributed by atoms with Gasteiger partial charge in [0.25, 0.3) is 0 Å². The Morgan fingerprint density at radius 3 is 2.78 bits per heavy atom. The minimum atomic E-state index is -0.263. The fourth-order valence-corrected chi connectivity index (χ4v) is 10.5. The first-order valence-corrected chi connectivity index (χ1v) is 9.74. The second-order valence-electron chi connectivity index (χ2n) is 10.6. The monoisotopic (exact) mass is 313 g/mol.